The second-order valence-electron chi connectivity index (χ2n) is 12.6. The highest BCUT2D eigenvalue weighted by atomic mass is 19.4. The number of phenols is 1. The lowest BCUT2D eigenvalue weighted by molar-refractivity contribution is -0.274. The maximum absolute atomic E-state index is 13.5. The first-order valence-electron chi connectivity index (χ1n) is 15.3. The van der Waals surface area contributed by atoms with E-state index in [9.17, 15) is 28.2 Å². The van der Waals surface area contributed by atoms with Crippen LogP contribution in [0.1, 0.15) is 41.5 Å². The van der Waals surface area contributed by atoms with Crippen molar-refractivity contribution >= 4 is 12.0 Å². The van der Waals surface area contributed by atoms with E-state index in [1.54, 1.807) is 24.1 Å². The molecule has 2 aliphatic carbocycles. The molecule has 2 N–H and O–H groups in total. The molecule has 4 aliphatic rings. The van der Waals surface area contributed by atoms with Gasteiger partial charge in [0.05, 0.1) is 17.1 Å². The molecule has 2 fully saturated rings. The van der Waals surface area contributed by atoms with Crippen LogP contribution in [0.5, 0.6) is 17.2 Å². The lowest BCUT2D eigenvalue weighted by Crippen LogP contribution is -2.78. The number of ether oxygens (including phenoxy) is 2. The third-order valence-corrected chi connectivity index (χ3v) is 10.4. The monoisotopic (exact) mass is 620 g/mol. The van der Waals surface area contributed by atoms with Gasteiger partial charge in [0.2, 0.25) is 5.91 Å². The Bertz CT molecular complexity index is 1650. The van der Waals surface area contributed by atoms with E-state index in [1.165, 1.54) is 35.9 Å². The number of alkyl halides is 3. The van der Waals surface area contributed by atoms with Gasteiger partial charge in [-0.05, 0) is 79.6 Å². The average molecular weight is 621 g/mol. The fraction of sp³-hybridized carbons (Fsp3) is 0.400. The lowest BCUT2D eigenvalue weighted by atomic mass is 9.48. The molecule has 3 aromatic carbocycles. The molecule has 10 heteroatoms. The number of amides is 1. The molecular formula is C35H35F3N2O5. The molecule has 2 bridgehead atoms. The minimum Gasteiger partial charge on any atom is -0.504 e. The molecule has 5 atom stereocenters. The van der Waals surface area contributed by atoms with E-state index in [1.807, 2.05) is 24.3 Å². The number of aliphatic hydroxyl groups is 1. The van der Waals surface area contributed by atoms with Gasteiger partial charge in [-0.15, -0.1) is 13.2 Å². The normalized spacial score (nSPS) is 28.4. The van der Waals surface area contributed by atoms with Gasteiger partial charge >= 0.3 is 6.36 Å². The Labute approximate surface area is 259 Å². The third-order valence-electron chi connectivity index (χ3n) is 10.4. The number of hydrogen-bond donors (Lipinski definition) is 2. The number of rotatable bonds is 7. The fourth-order valence-corrected chi connectivity index (χ4v) is 8.45. The molecule has 7 rings (SSSR count). The number of phenolic OH excluding ortho intramolecular Hbond substituents is 1. The summed E-state index contributed by atoms with van der Waals surface area (Å²) in [6.07, 6.45) is 0.451. The van der Waals surface area contributed by atoms with Crippen LogP contribution in [-0.2, 0) is 23.1 Å². The topological polar surface area (TPSA) is 82.5 Å². The summed E-state index contributed by atoms with van der Waals surface area (Å²) in [5.74, 6) is -0.290. The Kier molecular flexibility index (Phi) is 7.13. The molecule has 1 saturated heterocycles. The molecule has 1 saturated carbocycles. The van der Waals surface area contributed by atoms with E-state index in [4.69, 9.17) is 4.74 Å². The Balaban J connectivity index is 1.16. The van der Waals surface area contributed by atoms with Crippen molar-refractivity contribution in [3.8, 4) is 17.2 Å². The number of carbonyl (C=O) groups is 1. The van der Waals surface area contributed by atoms with Crippen LogP contribution in [0.3, 0.4) is 0 Å². The molecule has 0 unspecified atom stereocenters. The average Bonchev–Trinajstić information content (AvgIpc) is 3.36. The van der Waals surface area contributed by atoms with Gasteiger partial charge in [-0.25, -0.2) is 0 Å². The second kappa shape index (κ2) is 10.8. The fourth-order valence-electron chi connectivity index (χ4n) is 8.45. The van der Waals surface area contributed by atoms with Crippen molar-refractivity contribution in [2.75, 3.05) is 20.1 Å². The van der Waals surface area contributed by atoms with Crippen LogP contribution in [0.15, 0.2) is 72.8 Å². The van der Waals surface area contributed by atoms with Gasteiger partial charge in [0, 0.05) is 31.3 Å². The Morgan fingerprint density at radius 2 is 1.93 bits per heavy atom. The van der Waals surface area contributed by atoms with Gasteiger partial charge in [-0.2, -0.15) is 0 Å². The second-order valence-corrected chi connectivity index (χ2v) is 12.6. The summed E-state index contributed by atoms with van der Waals surface area (Å²) in [7, 11) is 1.68. The zero-order chi connectivity index (χ0) is 31.6. The summed E-state index contributed by atoms with van der Waals surface area (Å²) < 4.78 is 48.6. The predicted octanol–water partition coefficient (Wildman–Crippen LogP) is 5.23. The highest BCUT2D eigenvalue weighted by Crippen LogP contribution is 2.65. The SMILES string of the molecule is CN(C(=O)C=Cc1cccc(OC(F)(F)F)c1)[C@H]1CC[C@@]2(O)[C@H]3Cc4ccc(O)c5c4[C@@]2(CCN3CCc2ccccc2)[C@H]1O5. The summed E-state index contributed by atoms with van der Waals surface area (Å²) in [5.41, 5.74) is 1.64. The van der Waals surface area contributed by atoms with Crippen molar-refractivity contribution in [1.82, 2.24) is 9.80 Å². The van der Waals surface area contributed by atoms with Crippen molar-refractivity contribution in [3.63, 3.8) is 0 Å². The van der Waals surface area contributed by atoms with E-state index >= 15 is 0 Å². The molecule has 2 aliphatic heterocycles. The molecule has 236 valence electrons. The van der Waals surface area contributed by atoms with Crippen LogP contribution in [0.25, 0.3) is 6.08 Å². The predicted molar refractivity (Wildman–Crippen MR) is 161 cm³/mol. The van der Waals surface area contributed by atoms with Gasteiger partial charge in [0.25, 0.3) is 0 Å². The van der Waals surface area contributed by atoms with E-state index in [0.717, 1.165) is 30.6 Å². The summed E-state index contributed by atoms with van der Waals surface area (Å²) in [6.45, 7) is 1.55. The number of hydrogen-bond acceptors (Lipinski definition) is 6. The Hall–Kier alpha value is -4.02. The van der Waals surface area contributed by atoms with Crippen LogP contribution in [0.4, 0.5) is 13.2 Å². The van der Waals surface area contributed by atoms with Crippen LogP contribution < -0.4 is 9.47 Å². The quantitative estimate of drug-likeness (QED) is 0.353. The molecule has 3 aromatic rings. The molecule has 0 radical (unpaired) electrons. The smallest absolute Gasteiger partial charge is 0.504 e. The van der Waals surface area contributed by atoms with E-state index in [-0.39, 0.29) is 23.4 Å². The molecule has 1 amide bonds. The number of likely N-dealkylation sites (tertiary alicyclic amines) is 1. The van der Waals surface area contributed by atoms with Gasteiger partial charge in [0.1, 0.15) is 11.9 Å². The summed E-state index contributed by atoms with van der Waals surface area (Å²) in [5, 5.41) is 23.7. The minimum atomic E-state index is -4.82. The van der Waals surface area contributed by atoms with Crippen molar-refractivity contribution in [1.29, 1.82) is 0 Å². The van der Waals surface area contributed by atoms with Gasteiger partial charge in [-0.3, -0.25) is 9.69 Å². The van der Waals surface area contributed by atoms with E-state index < -0.39 is 29.5 Å². The molecule has 7 nitrogen and oxygen atoms in total. The molecular weight excluding hydrogens is 585 g/mol. The number of carbonyl (C=O) groups excluding carboxylic acids is 1. The van der Waals surface area contributed by atoms with Crippen molar-refractivity contribution in [3.05, 3.63) is 95.1 Å². The highest BCUT2D eigenvalue weighted by Gasteiger charge is 2.73. The number of halogens is 3. The van der Waals surface area contributed by atoms with Crippen molar-refractivity contribution < 1.29 is 37.7 Å². The van der Waals surface area contributed by atoms with Gasteiger partial charge < -0.3 is 24.6 Å². The van der Waals surface area contributed by atoms with Crippen LogP contribution in [0.2, 0.25) is 0 Å². The number of likely N-dealkylation sites (N-methyl/N-ethyl adjacent to an activating group) is 1. The summed E-state index contributed by atoms with van der Waals surface area (Å²) in [4.78, 5) is 17.5. The largest absolute Gasteiger partial charge is 0.573 e. The molecule has 45 heavy (non-hydrogen) atoms. The maximum atomic E-state index is 13.5. The van der Waals surface area contributed by atoms with Crippen LogP contribution in [0, 0.1) is 0 Å². The third kappa shape index (κ3) is 4.86. The highest BCUT2D eigenvalue weighted by molar-refractivity contribution is 5.92. The first-order valence-corrected chi connectivity index (χ1v) is 15.3. The minimum absolute atomic E-state index is 0.0263. The van der Waals surface area contributed by atoms with Crippen LogP contribution >= 0.6 is 0 Å². The Morgan fingerprint density at radius 3 is 2.71 bits per heavy atom. The van der Waals surface area contributed by atoms with Gasteiger partial charge in [0.15, 0.2) is 11.5 Å². The molecule has 1 spiro atoms. The standard InChI is InChI=1S/C35H35F3N2O5/c1-39(29(42)13-10-23-8-5-9-25(20-23)45-35(36,37)38)26-14-16-34(43)28-21-24-11-12-27(41)31-30(24)33(34,32(26)44-31)17-19-40(28)18-15-22-6-3-2-4-7-22/h2-13,20,26,28,32,41,43H,14-19,21H2,1H3/t26-,28+,32-,33-,34+/m0/s1. The molecule has 2 heterocycles. The lowest BCUT2D eigenvalue weighted by Gasteiger charge is -2.64. The van der Waals surface area contributed by atoms with E-state index in [0.29, 0.717) is 37.0 Å². The first-order chi connectivity index (χ1) is 21.5. The molecule has 0 aromatic heterocycles. The van der Waals surface area contributed by atoms with Gasteiger partial charge in [-0.1, -0.05) is 48.5 Å². The summed E-state index contributed by atoms with van der Waals surface area (Å²) in [6, 6.07) is 18.8. The number of nitrogens with zero attached hydrogens (tertiary/aromatic N) is 2. The van der Waals surface area contributed by atoms with Crippen molar-refractivity contribution in [2.45, 2.75) is 67.7 Å². The Morgan fingerprint density at radius 1 is 1.13 bits per heavy atom. The number of aromatic hydroxyl groups is 1. The maximum Gasteiger partial charge on any atom is 0.573 e. The van der Waals surface area contributed by atoms with Crippen molar-refractivity contribution in [2.24, 2.45) is 0 Å². The zero-order valence-electron chi connectivity index (χ0n) is 24.8. The van der Waals surface area contributed by atoms with E-state index in [2.05, 4.69) is 21.8 Å². The zero-order valence-corrected chi connectivity index (χ0v) is 24.8. The summed E-state index contributed by atoms with van der Waals surface area (Å²) >= 11 is 0. The van der Waals surface area contributed by atoms with Crippen LogP contribution in [-0.4, -0.2) is 76.2 Å². The first kappa shape index (κ1) is 29.7. The number of benzene rings is 3. The number of piperidine rings is 1.